The van der Waals surface area contributed by atoms with Crippen LogP contribution < -0.4 is 5.32 Å². The van der Waals surface area contributed by atoms with Gasteiger partial charge in [0.2, 0.25) is 5.91 Å². The third-order valence-electron chi connectivity index (χ3n) is 5.76. The van der Waals surface area contributed by atoms with Crippen LogP contribution in [-0.4, -0.2) is 27.7 Å². The van der Waals surface area contributed by atoms with Crippen molar-refractivity contribution in [3.8, 4) is 0 Å². The highest BCUT2D eigenvalue weighted by Crippen LogP contribution is 2.36. The van der Waals surface area contributed by atoms with Crippen LogP contribution in [0.1, 0.15) is 45.7 Å². The molecule has 0 saturated heterocycles. The number of hydrogen-bond donors (Lipinski definition) is 1. The highest BCUT2D eigenvalue weighted by molar-refractivity contribution is 6.04. The summed E-state index contributed by atoms with van der Waals surface area (Å²) in [6.07, 6.45) is -2.73. The maximum atomic E-state index is 13.9. The first-order chi connectivity index (χ1) is 16.2. The molecule has 2 heterocycles. The molecule has 1 aliphatic rings. The van der Waals surface area contributed by atoms with E-state index in [0.717, 1.165) is 17.8 Å². The molecule has 0 fully saturated rings. The molecule has 2 amide bonds. The van der Waals surface area contributed by atoms with Crippen LogP contribution in [0.25, 0.3) is 0 Å². The maximum absolute atomic E-state index is 13.9. The van der Waals surface area contributed by atoms with E-state index in [1.165, 1.54) is 4.90 Å². The van der Waals surface area contributed by atoms with Gasteiger partial charge in [0, 0.05) is 36.5 Å². The van der Waals surface area contributed by atoms with Gasteiger partial charge in [-0.2, -0.15) is 13.2 Å². The summed E-state index contributed by atoms with van der Waals surface area (Å²) in [6.45, 7) is 1.63. The third kappa shape index (κ3) is 4.64. The van der Waals surface area contributed by atoms with E-state index in [0.29, 0.717) is 23.6 Å². The molecule has 5 nitrogen and oxygen atoms in total. The predicted octanol–water partition coefficient (Wildman–Crippen LogP) is 4.68. The van der Waals surface area contributed by atoms with Crippen LogP contribution in [-0.2, 0) is 23.9 Å². The van der Waals surface area contributed by atoms with E-state index in [2.05, 4.69) is 10.3 Å². The number of hydrogen-bond acceptors (Lipinski definition) is 3. The highest BCUT2D eigenvalue weighted by Gasteiger charge is 2.43. The minimum atomic E-state index is -4.80. The topological polar surface area (TPSA) is 62.3 Å². The summed E-state index contributed by atoms with van der Waals surface area (Å²) in [5, 5.41) is 2.64. The van der Waals surface area contributed by atoms with Crippen molar-refractivity contribution < 1.29 is 27.2 Å². The molecule has 4 rings (SSSR count). The number of carbonyl (C=O) groups excluding carboxylic acids is 2. The zero-order valence-electron chi connectivity index (χ0n) is 18.1. The van der Waals surface area contributed by atoms with E-state index in [1.54, 1.807) is 36.5 Å². The lowest BCUT2D eigenvalue weighted by Crippen LogP contribution is -2.44. The molecular formula is C25H21F4N3O2. The van der Waals surface area contributed by atoms with Gasteiger partial charge >= 0.3 is 6.18 Å². The zero-order chi connectivity index (χ0) is 24.5. The van der Waals surface area contributed by atoms with E-state index in [4.69, 9.17) is 0 Å². The van der Waals surface area contributed by atoms with Crippen LogP contribution in [0.5, 0.6) is 0 Å². The van der Waals surface area contributed by atoms with Crippen molar-refractivity contribution in [2.45, 2.75) is 38.1 Å². The second kappa shape index (κ2) is 9.24. The average molecular weight is 471 g/mol. The molecule has 0 spiro atoms. The minimum Gasteiger partial charge on any atom is -0.350 e. The normalized spacial score (nSPS) is 16.3. The molecule has 0 radical (unpaired) electrons. The first-order valence-electron chi connectivity index (χ1n) is 10.6. The van der Waals surface area contributed by atoms with Gasteiger partial charge in [-0.1, -0.05) is 30.3 Å². The van der Waals surface area contributed by atoms with Crippen molar-refractivity contribution >= 4 is 11.8 Å². The van der Waals surface area contributed by atoms with E-state index < -0.39 is 29.5 Å². The van der Waals surface area contributed by atoms with Crippen LogP contribution in [0.2, 0.25) is 0 Å². The molecular weight excluding hydrogens is 450 g/mol. The summed E-state index contributed by atoms with van der Waals surface area (Å²) in [5.74, 6) is -2.21. The van der Waals surface area contributed by atoms with Gasteiger partial charge in [0.1, 0.15) is 11.9 Å². The smallest absolute Gasteiger partial charge is 0.350 e. The van der Waals surface area contributed by atoms with Crippen molar-refractivity contribution in [3.63, 3.8) is 0 Å². The lowest BCUT2D eigenvalue weighted by atomic mass is 10.0. The van der Waals surface area contributed by atoms with Crippen molar-refractivity contribution in [2.24, 2.45) is 0 Å². The number of halogens is 4. The molecule has 34 heavy (non-hydrogen) atoms. The summed E-state index contributed by atoms with van der Waals surface area (Å²) in [4.78, 5) is 32.2. The van der Waals surface area contributed by atoms with Crippen molar-refractivity contribution in [2.75, 3.05) is 0 Å². The fraction of sp³-hybridized carbons (Fsp3) is 0.240. The van der Waals surface area contributed by atoms with Crippen molar-refractivity contribution in [1.82, 2.24) is 15.2 Å². The number of alkyl halides is 3. The number of fused-ring (bicyclic) bond motifs is 1. The summed E-state index contributed by atoms with van der Waals surface area (Å²) in [5.41, 5.74) is 0.516. The van der Waals surface area contributed by atoms with Gasteiger partial charge < -0.3 is 10.2 Å². The number of nitrogens with one attached hydrogen (secondary N) is 1. The molecule has 3 aromatic rings. The monoisotopic (exact) mass is 471 g/mol. The largest absolute Gasteiger partial charge is 0.419 e. The Hall–Kier alpha value is -3.75. The minimum absolute atomic E-state index is 0.171. The number of benzene rings is 2. The maximum Gasteiger partial charge on any atom is 0.419 e. The first-order valence-corrected chi connectivity index (χ1v) is 10.6. The Balaban J connectivity index is 1.55. The quantitative estimate of drug-likeness (QED) is 0.531. The Labute approximate surface area is 193 Å². The summed E-state index contributed by atoms with van der Waals surface area (Å²) in [7, 11) is 0. The van der Waals surface area contributed by atoms with Gasteiger partial charge in [-0.3, -0.25) is 14.6 Å². The van der Waals surface area contributed by atoms with E-state index in [-0.39, 0.29) is 24.1 Å². The molecule has 2 atom stereocenters. The third-order valence-corrected chi connectivity index (χ3v) is 5.76. The number of amides is 2. The Bertz CT molecular complexity index is 1210. The molecule has 9 heteroatoms. The number of pyridine rings is 1. The summed E-state index contributed by atoms with van der Waals surface area (Å²) >= 11 is 0. The van der Waals surface area contributed by atoms with Gasteiger partial charge in [0.05, 0.1) is 5.56 Å². The summed E-state index contributed by atoms with van der Waals surface area (Å²) < 4.78 is 52.3. The Morgan fingerprint density at radius 3 is 2.53 bits per heavy atom. The van der Waals surface area contributed by atoms with E-state index >= 15 is 0 Å². The lowest BCUT2D eigenvalue weighted by Gasteiger charge is -2.30. The lowest BCUT2D eigenvalue weighted by molar-refractivity contribution is -0.140. The summed E-state index contributed by atoms with van der Waals surface area (Å²) in [6, 6.07) is 13.4. The Morgan fingerprint density at radius 1 is 1.12 bits per heavy atom. The highest BCUT2D eigenvalue weighted by atomic mass is 19.4. The van der Waals surface area contributed by atoms with Crippen LogP contribution in [0, 0.1) is 5.82 Å². The molecule has 1 aliphatic heterocycles. The second-order valence-electron chi connectivity index (χ2n) is 8.11. The number of nitrogens with zero attached hydrogens (tertiary/aromatic N) is 2. The fourth-order valence-electron chi connectivity index (χ4n) is 4.16. The molecule has 1 N–H and O–H groups in total. The van der Waals surface area contributed by atoms with Crippen LogP contribution in [0.15, 0.2) is 66.9 Å². The van der Waals surface area contributed by atoms with E-state index in [9.17, 15) is 27.2 Å². The van der Waals surface area contributed by atoms with Gasteiger partial charge in [-0.05, 0) is 48.4 Å². The van der Waals surface area contributed by atoms with Crippen molar-refractivity contribution in [1.29, 1.82) is 0 Å². The van der Waals surface area contributed by atoms with E-state index in [1.807, 2.05) is 19.1 Å². The molecule has 0 aliphatic carbocycles. The predicted molar refractivity (Wildman–Crippen MR) is 116 cm³/mol. The van der Waals surface area contributed by atoms with Crippen molar-refractivity contribution in [3.05, 3.63) is 101 Å². The number of aromatic nitrogens is 1. The molecule has 2 unspecified atom stereocenters. The Kier molecular flexibility index (Phi) is 6.37. The number of rotatable bonds is 6. The molecule has 1 aromatic heterocycles. The number of carbonyl (C=O) groups is 2. The van der Waals surface area contributed by atoms with Gasteiger partial charge in [0.25, 0.3) is 5.91 Å². The fourth-order valence-corrected chi connectivity index (χ4v) is 4.16. The zero-order valence-corrected chi connectivity index (χ0v) is 18.1. The second-order valence-corrected chi connectivity index (χ2v) is 8.11. The first kappa shape index (κ1) is 23.4. The van der Waals surface area contributed by atoms with Crippen LogP contribution in [0.4, 0.5) is 17.6 Å². The average Bonchev–Trinajstić information content (AvgIpc) is 3.10. The molecule has 2 aromatic carbocycles. The standard InChI is InChI=1S/C25H21F4N3O2/c1-15(12-17-6-4-5-11-30-17)32-22(18-7-2-3-8-19(18)24(32)34)23(33)31-14-16-9-10-20(21(26)13-16)25(27,28)29/h2-11,13,15,22H,12,14H2,1H3,(H,31,33). The molecule has 0 saturated carbocycles. The van der Waals surface area contributed by atoms with Gasteiger partial charge in [-0.25, -0.2) is 4.39 Å². The van der Waals surface area contributed by atoms with Crippen LogP contribution in [0.3, 0.4) is 0 Å². The van der Waals surface area contributed by atoms with Gasteiger partial charge in [-0.15, -0.1) is 0 Å². The molecule has 0 bridgehead atoms. The Morgan fingerprint density at radius 2 is 1.85 bits per heavy atom. The SMILES string of the molecule is CC(Cc1ccccn1)N1C(=O)c2ccccc2C1C(=O)NCc1ccc(C(F)(F)F)c(F)c1. The molecule has 176 valence electrons. The van der Waals surface area contributed by atoms with Gasteiger partial charge in [0.15, 0.2) is 0 Å². The van der Waals surface area contributed by atoms with Crippen LogP contribution >= 0.6 is 0 Å².